The average Bonchev–Trinajstić information content (AvgIpc) is 2.94. The van der Waals surface area contributed by atoms with Crippen LogP contribution in [-0.2, 0) is 6.54 Å². The first kappa shape index (κ1) is 10.6. The molecular formula is C13H15N3S. The summed E-state index contributed by atoms with van der Waals surface area (Å²) in [6, 6.07) is 4.39. The average molecular weight is 245 g/mol. The Bertz CT molecular complexity index is 645. The molecule has 0 saturated carbocycles. The van der Waals surface area contributed by atoms with Gasteiger partial charge in [-0.15, -0.1) is 11.3 Å². The molecule has 0 saturated heterocycles. The van der Waals surface area contributed by atoms with E-state index in [2.05, 4.69) is 47.2 Å². The van der Waals surface area contributed by atoms with Crippen LogP contribution in [0.25, 0.3) is 15.9 Å². The van der Waals surface area contributed by atoms with Gasteiger partial charge >= 0.3 is 0 Å². The van der Waals surface area contributed by atoms with Crippen molar-refractivity contribution in [3.05, 3.63) is 35.6 Å². The lowest BCUT2D eigenvalue weighted by atomic mass is 10.4. The summed E-state index contributed by atoms with van der Waals surface area (Å²) in [6.45, 7) is 5.29. The van der Waals surface area contributed by atoms with E-state index in [1.165, 1.54) is 15.9 Å². The van der Waals surface area contributed by atoms with Gasteiger partial charge in [-0.25, -0.2) is 0 Å². The minimum absolute atomic E-state index is 0.980. The summed E-state index contributed by atoms with van der Waals surface area (Å²) in [7, 11) is 0. The second kappa shape index (κ2) is 4.04. The van der Waals surface area contributed by atoms with Crippen molar-refractivity contribution in [3.8, 4) is 5.69 Å². The van der Waals surface area contributed by atoms with Gasteiger partial charge in [0.05, 0.1) is 11.9 Å². The summed E-state index contributed by atoms with van der Waals surface area (Å²) in [4.78, 5) is 1.30. The minimum Gasteiger partial charge on any atom is -0.302 e. The van der Waals surface area contributed by atoms with E-state index >= 15 is 0 Å². The fourth-order valence-corrected chi connectivity index (χ4v) is 3.15. The number of nitrogens with zero attached hydrogens (tertiary/aromatic N) is 3. The van der Waals surface area contributed by atoms with Crippen LogP contribution < -0.4 is 0 Å². The maximum Gasteiger partial charge on any atom is 0.107 e. The second-order valence-corrected chi connectivity index (χ2v) is 5.16. The molecule has 88 valence electrons. The van der Waals surface area contributed by atoms with E-state index in [9.17, 15) is 0 Å². The van der Waals surface area contributed by atoms with Crippen LogP contribution in [0.5, 0.6) is 0 Å². The van der Waals surface area contributed by atoms with E-state index in [0.29, 0.717) is 0 Å². The van der Waals surface area contributed by atoms with Crippen molar-refractivity contribution in [1.82, 2.24) is 14.3 Å². The molecule has 0 aliphatic heterocycles. The predicted octanol–water partition coefficient (Wildman–Crippen LogP) is 3.61. The van der Waals surface area contributed by atoms with Gasteiger partial charge in [0.1, 0.15) is 4.83 Å². The topological polar surface area (TPSA) is 22.8 Å². The molecule has 0 fully saturated rings. The molecule has 3 rings (SSSR count). The van der Waals surface area contributed by atoms with E-state index in [0.717, 1.165) is 18.7 Å². The van der Waals surface area contributed by atoms with Gasteiger partial charge in [-0.2, -0.15) is 5.10 Å². The SMILES string of the molecule is CCCn1cc(-n2c(C)cc3ccsc32)cn1. The zero-order valence-corrected chi connectivity index (χ0v) is 10.9. The monoisotopic (exact) mass is 245 g/mol. The molecule has 0 atom stereocenters. The number of hydrogen-bond donors (Lipinski definition) is 0. The zero-order chi connectivity index (χ0) is 11.8. The molecule has 0 bridgehead atoms. The Morgan fingerprint density at radius 2 is 2.29 bits per heavy atom. The van der Waals surface area contributed by atoms with Crippen LogP contribution in [0, 0.1) is 6.92 Å². The Balaban J connectivity index is 2.12. The standard InChI is InChI=1S/C13H15N3S/c1-3-5-15-9-12(8-14-15)16-10(2)7-11-4-6-17-13(11)16/h4,6-9H,3,5H2,1-2H3. The summed E-state index contributed by atoms with van der Waals surface area (Å²) in [5.74, 6) is 0. The maximum atomic E-state index is 4.39. The molecule has 3 nitrogen and oxygen atoms in total. The molecule has 0 radical (unpaired) electrons. The van der Waals surface area contributed by atoms with Gasteiger partial charge in [0.2, 0.25) is 0 Å². The van der Waals surface area contributed by atoms with Crippen molar-refractivity contribution in [1.29, 1.82) is 0 Å². The van der Waals surface area contributed by atoms with Gasteiger partial charge in [0.25, 0.3) is 0 Å². The van der Waals surface area contributed by atoms with E-state index in [1.54, 1.807) is 11.3 Å². The molecule has 0 aromatic carbocycles. The highest BCUT2D eigenvalue weighted by Gasteiger charge is 2.10. The van der Waals surface area contributed by atoms with Gasteiger partial charge in [0, 0.05) is 23.8 Å². The van der Waals surface area contributed by atoms with Crippen LogP contribution in [0.1, 0.15) is 19.0 Å². The van der Waals surface area contributed by atoms with E-state index in [4.69, 9.17) is 0 Å². The van der Waals surface area contributed by atoms with Crippen LogP contribution in [0.2, 0.25) is 0 Å². The van der Waals surface area contributed by atoms with Crippen molar-refractivity contribution < 1.29 is 0 Å². The van der Waals surface area contributed by atoms with E-state index < -0.39 is 0 Å². The van der Waals surface area contributed by atoms with Crippen LogP contribution in [-0.4, -0.2) is 14.3 Å². The van der Waals surface area contributed by atoms with Crippen molar-refractivity contribution in [3.63, 3.8) is 0 Å². The first-order valence-corrected chi connectivity index (χ1v) is 6.76. The van der Waals surface area contributed by atoms with Gasteiger partial charge < -0.3 is 4.57 Å². The molecule has 0 aliphatic carbocycles. The van der Waals surface area contributed by atoms with Gasteiger partial charge in [-0.05, 0) is 30.9 Å². The highest BCUT2D eigenvalue weighted by molar-refractivity contribution is 7.16. The Kier molecular flexibility index (Phi) is 2.52. The Morgan fingerprint density at radius 3 is 3.12 bits per heavy atom. The first-order chi connectivity index (χ1) is 8.29. The predicted molar refractivity (Wildman–Crippen MR) is 72.0 cm³/mol. The lowest BCUT2D eigenvalue weighted by molar-refractivity contribution is 0.602. The third kappa shape index (κ3) is 1.69. The van der Waals surface area contributed by atoms with Gasteiger partial charge in [0.15, 0.2) is 0 Å². The first-order valence-electron chi connectivity index (χ1n) is 5.88. The van der Waals surface area contributed by atoms with Crippen molar-refractivity contribution in [2.75, 3.05) is 0 Å². The molecular weight excluding hydrogens is 230 g/mol. The second-order valence-electron chi connectivity index (χ2n) is 4.26. The summed E-state index contributed by atoms with van der Waals surface area (Å²) < 4.78 is 4.29. The Labute approximate surface area is 104 Å². The lowest BCUT2D eigenvalue weighted by Crippen LogP contribution is -1.96. The minimum atomic E-state index is 0.980. The van der Waals surface area contributed by atoms with E-state index in [1.807, 2.05) is 10.9 Å². The number of hydrogen-bond acceptors (Lipinski definition) is 2. The van der Waals surface area contributed by atoms with Crippen LogP contribution in [0.4, 0.5) is 0 Å². The van der Waals surface area contributed by atoms with Gasteiger partial charge in [-0.1, -0.05) is 6.92 Å². The molecule has 3 aromatic heterocycles. The Hall–Kier alpha value is -1.55. The molecule has 17 heavy (non-hydrogen) atoms. The maximum absolute atomic E-state index is 4.39. The fourth-order valence-electron chi connectivity index (χ4n) is 2.19. The molecule has 3 aromatic rings. The third-order valence-electron chi connectivity index (χ3n) is 2.92. The number of aromatic nitrogens is 3. The molecule has 0 aliphatic rings. The highest BCUT2D eigenvalue weighted by atomic mass is 32.1. The van der Waals surface area contributed by atoms with Crippen LogP contribution >= 0.6 is 11.3 Å². The van der Waals surface area contributed by atoms with E-state index in [-0.39, 0.29) is 0 Å². The van der Waals surface area contributed by atoms with Crippen molar-refractivity contribution in [2.24, 2.45) is 0 Å². The summed E-state index contributed by atoms with van der Waals surface area (Å²) in [6.07, 6.45) is 5.18. The quantitative estimate of drug-likeness (QED) is 0.691. The lowest BCUT2D eigenvalue weighted by Gasteiger charge is -2.02. The largest absolute Gasteiger partial charge is 0.302 e. The van der Waals surface area contributed by atoms with Crippen molar-refractivity contribution in [2.45, 2.75) is 26.8 Å². The zero-order valence-electron chi connectivity index (χ0n) is 10.1. The third-order valence-corrected chi connectivity index (χ3v) is 3.84. The number of rotatable bonds is 3. The van der Waals surface area contributed by atoms with Crippen LogP contribution in [0.15, 0.2) is 29.9 Å². The number of fused-ring (bicyclic) bond motifs is 1. The molecule has 0 N–H and O–H groups in total. The number of thiophene rings is 1. The molecule has 0 unspecified atom stereocenters. The van der Waals surface area contributed by atoms with Gasteiger partial charge in [-0.3, -0.25) is 4.68 Å². The fraction of sp³-hybridized carbons (Fsp3) is 0.308. The summed E-state index contributed by atoms with van der Waals surface area (Å²) >= 11 is 1.78. The molecule has 0 spiro atoms. The normalized spacial score (nSPS) is 11.4. The molecule has 4 heteroatoms. The van der Waals surface area contributed by atoms with Crippen molar-refractivity contribution >= 4 is 21.6 Å². The summed E-state index contributed by atoms with van der Waals surface area (Å²) in [5.41, 5.74) is 2.43. The highest BCUT2D eigenvalue weighted by Crippen LogP contribution is 2.28. The smallest absolute Gasteiger partial charge is 0.107 e. The summed E-state index contributed by atoms with van der Waals surface area (Å²) in [5, 5.41) is 7.85. The molecule has 0 amide bonds. The Morgan fingerprint density at radius 1 is 1.41 bits per heavy atom. The molecule has 3 heterocycles. The number of aryl methyl sites for hydroxylation is 2. The van der Waals surface area contributed by atoms with Crippen LogP contribution in [0.3, 0.4) is 0 Å².